The van der Waals surface area contributed by atoms with E-state index in [1.807, 2.05) is 48.5 Å². The van der Waals surface area contributed by atoms with Crippen LogP contribution in [0.2, 0.25) is 0 Å². The molecule has 1 N–H and O–H groups in total. The van der Waals surface area contributed by atoms with Crippen LogP contribution in [0.15, 0.2) is 60.7 Å². The summed E-state index contributed by atoms with van der Waals surface area (Å²) >= 11 is 0. The third kappa shape index (κ3) is 3.54. The molecule has 0 bridgehead atoms. The van der Waals surface area contributed by atoms with Gasteiger partial charge in [-0.2, -0.15) is 0 Å². The van der Waals surface area contributed by atoms with Crippen molar-refractivity contribution in [3.63, 3.8) is 0 Å². The molecule has 32 heavy (non-hydrogen) atoms. The van der Waals surface area contributed by atoms with Gasteiger partial charge in [0.05, 0.1) is 5.41 Å². The van der Waals surface area contributed by atoms with Crippen molar-refractivity contribution in [3.8, 4) is 22.6 Å². The van der Waals surface area contributed by atoms with Gasteiger partial charge in [0.2, 0.25) is 6.79 Å². The minimum Gasteiger partial charge on any atom is -0.454 e. The summed E-state index contributed by atoms with van der Waals surface area (Å²) in [4.78, 5) is 25.2. The standard InChI is InChI=1S/C27H25NO4/c1-17-3-4-18(13-22(17)19-5-7-20(8-6-19)26(30)28-2)14-25(29)27(11-12-27)21-9-10-23-24(15-21)32-16-31-23/h3-10,13,15H,11-12,14,16H2,1-2H3,(H,28,30). The van der Waals surface area contributed by atoms with Crippen LogP contribution in [0.3, 0.4) is 0 Å². The molecule has 1 saturated carbocycles. The normalized spacial score (nSPS) is 15.3. The predicted octanol–water partition coefficient (Wildman–Crippen LogP) is 4.59. The SMILES string of the molecule is CNC(=O)c1ccc(-c2cc(CC(=O)C3(c4ccc5c(c4)OCO5)CC3)ccc2C)cc1. The molecule has 0 aromatic heterocycles. The highest BCUT2D eigenvalue weighted by atomic mass is 16.7. The number of Topliss-reactive ketones (excluding diaryl/α,β-unsaturated/α-hetero) is 1. The lowest BCUT2D eigenvalue weighted by Gasteiger charge is -2.16. The van der Waals surface area contributed by atoms with Gasteiger partial charge < -0.3 is 14.8 Å². The first kappa shape index (κ1) is 20.3. The molecule has 0 spiro atoms. The Morgan fingerprint density at radius 1 is 0.938 bits per heavy atom. The summed E-state index contributed by atoms with van der Waals surface area (Å²) < 4.78 is 10.9. The molecule has 5 nitrogen and oxygen atoms in total. The summed E-state index contributed by atoms with van der Waals surface area (Å²) in [5.41, 5.74) is 5.46. The molecule has 1 aliphatic carbocycles. The van der Waals surface area contributed by atoms with Crippen molar-refractivity contribution in [2.75, 3.05) is 13.8 Å². The number of hydrogen-bond donors (Lipinski definition) is 1. The minimum absolute atomic E-state index is 0.106. The molecule has 0 radical (unpaired) electrons. The zero-order chi connectivity index (χ0) is 22.3. The summed E-state index contributed by atoms with van der Waals surface area (Å²) in [6, 6.07) is 19.6. The van der Waals surface area contributed by atoms with E-state index in [0.29, 0.717) is 12.0 Å². The number of nitrogens with one attached hydrogen (secondary N) is 1. The first-order valence-corrected chi connectivity index (χ1v) is 10.9. The number of rotatable bonds is 6. The average molecular weight is 428 g/mol. The van der Waals surface area contributed by atoms with Crippen LogP contribution in [-0.2, 0) is 16.6 Å². The smallest absolute Gasteiger partial charge is 0.251 e. The minimum atomic E-state index is -0.415. The molecule has 162 valence electrons. The Balaban J connectivity index is 1.38. The number of ketones is 1. The molecule has 5 rings (SSSR count). The van der Waals surface area contributed by atoms with E-state index in [2.05, 4.69) is 24.4 Å². The lowest BCUT2D eigenvalue weighted by atomic mass is 9.87. The highest BCUT2D eigenvalue weighted by Gasteiger charge is 2.50. The van der Waals surface area contributed by atoms with E-state index in [1.54, 1.807) is 7.05 Å². The maximum atomic E-state index is 13.4. The van der Waals surface area contributed by atoms with Crippen molar-refractivity contribution in [1.82, 2.24) is 5.32 Å². The van der Waals surface area contributed by atoms with E-state index in [9.17, 15) is 9.59 Å². The highest BCUT2D eigenvalue weighted by Crippen LogP contribution is 2.51. The number of aryl methyl sites for hydroxylation is 1. The van der Waals surface area contributed by atoms with Crippen LogP contribution in [0, 0.1) is 6.92 Å². The Morgan fingerprint density at radius 3 is 2.41 bits per heavy atom. The Hall–Kier alpha value is -3.60. The van der Waals surface area contributed by atoms with Crippen molar-refractivity contribution in [2.24, 2.45) is 0 Å². The summed E-state index contributed by atoms with van der Waals surface area (Å²) in [6.07, 6.45) is 2.12. The van der Waals surface area contributed by atoms with Crippen molar-refractivity contribution < 1.29 is 19.1 Å². The van der Waals surface area contributed by atoms with Crippen molar-refractivity contribution in [2.45, 2.75) is 31.6 Å². The maximum Gasteiger partial charge on any atom is 0.251 e. The molecule has 0 atom stereocenters. The van der Waals surface area contributed by atoms with Crippen LogP contribution in [0.5, 0.6) is 11.5 Å². The van der Waals surface area contributed by atoms with E-state index in [1.165, 1.54) is 0 Å². The fraction of sp³-hybridized carbons (Fsp3) is 0.259. The van der Waals surface area contributed by atoms with Gasteiger partial charge in [0.1, 0.15) is 5.78 Å². The van der Waals surface area contributed by atoms with Gasteiger partial charge >= 0.3 is 0 Å². The van der Waals surface area contributed by atoms with Crippen molar-refractivity contribution >= 4 is 11.7 Å². The van der Waals surface area contributed by atoms with Crippen molar-refractivity contribution in [3.05, 3.63) is 82.9 Å². The second-order valence-electron chi connectivity index (χ2n) is 8.56. The van der Waals surface area contributed by atoms with Gasteiger partial charge in [-0.1, -0.05) is 36.4 Å². The fourth-order valence-corrected chi connectivity index (χ4v) is 4.44. The third-order valence-corrected chi connectivity index (χ3v) is 6.56. The van der Waals surface area contributed by atoms with E-state index in [-0.39, 0.29) is 18.5 Å². The average Bonchev–Trinajstić information content (AvgIpc) is 3.50. The Kier molecular flexibility index (Phi) is 4.97. The molecule has 0 unspecified atom stereocenters. The van der Waals surface area contributed by atoms with Gasteiger partial charge in [-0.3, -0.25) is 9.59 Å². The van der Waals surface area contributed by atoms with Crippen molar-refractivity contribution in [1.29, 1.82) is 0 Å². The zero-order valence-corrected chi connectivity index (χ0v) is 18.2. The largest absolute Gasteiger partial charge is 0.454 e. The van der Waals surface area contributed by atoms with Gasteiger partial charge in [-0.05, 0) is 71.8 Å². The topological polar surface area (TPSA) is 64.6 Å². The lowest BCUT2D eigenvalue weighted by Crippen LogP contribution is -2.22. The monoisotopic (exact) mass is 427 g/mol. The van der Waals surface area contributed by atoms with Crippen LogP contribution in [-0.4, -0.2) is 25.5 Å². The van der Waals surface area contributed by atoms with E-state index < -0.39 is 5.41 Å². The van der Waals surface area contributed by atoms with E-state index in [4.69, 9.17) is 9.47 Å². The van der Waals surface area contributed by atoms with Crippen LogP contribution in [0.1, 0.15) is 39.9 Å². The molecular weight excluding hydrogens is 402 g/mol. The molecule has 3 aromatic rings. The van der Waals surface area contributed by atoms with Gasteiger partial charge in [0, 0.05) is 19.0 Å². The number of amides is 1. The molecular formula is C27H25NO4. The van der Waals surface area contributed by atoms with Gasteiger partial charge in [0.15, 0.2) is 11.5 Å². The first-order valence-electron chi connectivity index (χ1n) is 10.9. The molecule has 5 heteroatoms. The molecule has 1 heterocycles. The highest BCUT2D eigenvalue weighted by molar-refractivity contribution is 5.95. The lowest BCUT2D eigenvalue weighted by molar-refractivity contribution is -0.120. The first-order chi connectivity index (χ1) is 15.5. The van der Waals surface area contributed by atoms with Crippen LogP contribution < -0.4 is 14.8 Å². The quantitative estimate of drug-likeness (QED) is 0.625. The number of hydrogen-bond acceptors (Lipinski definition) is 4. The van der Waals surface area contributed by atoms with Crippen LogP contribution >= 0.6 is 0 Å². The van der Waals surface area contributed by atoms with Gasteiger partial charge in [0.25, 0.3) is 5.91 Å². The number of ether oxygens (including phenoxy) is 2. The molecule has 2 aliphatic rings. The molecule has 1 amide bonds. The number of fused-ring (bicyclic) bond motifs is 1. The third-order valence-electron chi connectivity index (χ3n) is 6.56. The summed E-state index contributed by atoms with van der Waals surface area (Å²) in [5.74, 6) is 1.59. The Bertz CT molecular complexity index is 1210. The van der Waals surface area contributed by atoms with Gasteiger partial charge in [-0.15, -0.1) is 0 Å². The zero-order valence-electron chi connectivity index (χ0n) is 18.2. The van der Waals surface area contributed by atoms with E-state index >= 15 is 0 Å². The molecule has 1 fully saturated rings. The second kappa shape index (κ2) is 7.83. The summed E-state index contributed by atoms with van der Waals surface area (Å²) in [5, 5.41) is 2.64. The van der Waals surface area contributed by atoms with E-state index in [0.717, 1.165) is 52.2 Å². The molecule has 1 aliphatic heterocycles. The Morgan fingerprint density at radius 2 is 1.69 bits per heavy atom. The van der Waals surface area contributed by atoms with Crippen LogP contribution in [0.4, 0.5) is 0 Å². The molecule has 0 saturated heterocycles. The maximum absolute atomic E-state index is 13.4. The van der Waals surface area contributed by atoms with Gasteiger partial charge in [-0.25, -0.2) is 0 Å². The second-order valence-corrected chi connectivity index (χ2v) is 8.56. The summed E-state index contributed by atoms with van der Waals surface area (Å²) in [6.45, 7) is 2.29. The Labute approximate surface area is 187 Å². The number of carbonyl (C=O) groups is 2. The predicted molar refractivity (Wildman–Crippen MR) is 122 cm³/mol. The van der Waals surface area contributed by atoms with Crippen LogP contribution in [0.25, 0.3) is 11.1 Å². The number of carbonyl (C=O) groups excluding carboxylic acids is 2. The summed E-state index contributed by atoms with van der Waals surface area (Å²) in [7, 11) is 1.62. The fourth-order valence-electron chi connectivity index (χ4n) is 4.44. The molecule has 3 aromatic carbocycles. The number of benzene rings is 3.